The summed E-state index contributed by atoms with van der Waals surface area (Å²) in [7, 11) is 0. The summed E-state index contributed by atoms with van der Waals surface area (Å²) in [5.41, 5.74) is 0.745. The van der Waals surface area contributed by atoms with E-state index in [4.69, 9.17) is 11.6 Å². The Morgan fingerprint density at radius 1 is 1.14 bits per heavy atom. The van der Waals surface area contributed by atoms with Gasteiger partial charge in [0.2, 0.25) is 0 Å². The predicted molar refractivity (Wildman–Crippen MR) is 90.0 cm³/mol. The number of hydrogen-bond donors (Lipinski definition) is 0. The molecule has 0 aromatic heterocycles. The third-order valence-corrected chi connectivity index (χ3v) is 5.19. The van der Waals surface area contributed by atoms with Crippen LogP contribution in [-0.4, -0.2) is 11.2 Å². The van der Waals surface area contributed by atoms with Crippen LogP contribution in [0.3, 0.4) is 0 Å². The van der Waals surface area contributed by atoms with Gasteiger partial charge < -0.3 is 0 Å². The predicted octanol–water partition coefficient (Wildman–Crippen LogP) is 5.86. The number of alkyl halides is 1. The van der Waals surface area contributed by atoms with Crippen molar-refractivity contribution in [1.82, 2.24) is 0 Å². The summed E-state index contributed by atoms with van der Waals surface area (Å²) in [6, 6.07) is 9.45. The van der Waals surface area contributed by atoms with E-state index >= 15 is 0 Å². The van der Waals surface area contributed by atoms with Crippen LogP contribution in [0.5, 0.6) is 0 Å². The highest BCUT2D eigenvalue weighted by Crippen LogP contribution is 2.35. The first-order valence-electron chi connectivity index (χ1n) is 8.44. The number of ketones is 1. The second-order valence-corrected chi connectivity index (χ2v) is 6.99. The highest BCUT2D eigenvalue weighted by molar-refractivity contribution is 6.33. The Kier molecular flexibility index (Phi) is 6.76. The molecule has 0 heterocycles. The van der Waals surface area contributed by atoms with Crippen molar-refractivity contribution in [2.75, 3.05) is 0 Å². The number of unbranched alkanes of at least 4 members (excludes halogenated alkanes) is 1. The van der Waals surface area contributed by atoms with E-state index in [1.807, 2.05) is 30.3 Å². The smallest absolute Gasteiger partial charge is 0.180 e. The quantitative estimate of drug-likeness (QED) is 0.455. The van der Waals surface area contributed by atoms with Gasteiger partial charge in [-0.1, -0.05) is 82.2 Å². The maximum absolute atomic E-state index is 12.3. The normalized spacial score (nSPS) is 23.7. The molecular weight excluding hydrogens is 280 g/mol. The zero-order valence-corrected chi connectivity index (χ0v) is 13.8. The third kappa shape index (κ3) is 5.14. The molecule has 21 heavy (non-hydrogen) atoms. The van der Waals surface area contributed by atoms with Crippen LogP contribution in [0.1, 0.15) is 68.6 Å². The fourth-order valence-corrected chi connectivity index (χ4v) is 3.81. The van der Waals surface area contributed by atoms with Gasteiger partial charge in [-0.3, -0.25) is 4.79 Å². The summed E-state index contributed by atoms with van der Waals surface area (Å²) in [4.78, 5) is 12.3. The number of rotatable bonds is 7. The van der Waals surface area contributed by atoms with E-state index in [0.29, 0.717) is 5.92 Å². The Balaban J connectivity index is 1.76. The molecule has 2 heteroatoms. The Labute approximate surface area is 134 Å². The molecule has 2 rings (SSSR count). The number of halogens is 1. The van der Waals surface area contributed by atoms with Crippen LogP contribution in [0.25, 0.3) is 0 Å². The van der Waals surface area contributed by atoms with Crippen molar-refractivity contribution in [2.45, 2.75) is 63.7 Å². The summed E-state index contributed by atoms with van der Waals surface area (Å²) in [6.45, 7) is 2.26. The van der Waals surface area contributed by atoms with E-state index in [9.17, 15) is 4.79 Å². The van der Waals surface area contributed by atoms with Crippen molar-refractivity contribution in [3.05, 3.63) is 35.9 Å². The van der Waals surface area contributed by atoms with Gasteiger partial charge in [0.1, 0.15) is 0 Å². The van der Waals surface area contributed by atoms with Crippen LogP contribution < -0.4 is 0 Å². The molecule has 1 aromatic carbocycles. The Hall–Kier alpha value is -0.820. The van der Waals surface area contributed by atoms with Gasteiger partial charge in [-0.2, -0.15) is 0 Å². The maximum Gasteiger partial charge on any atom is 0.180 e. The fraction of sp³-hybridized carbons (Fsp3) is 0.632. The molecule has 116 valence electrons. The highest BCUT2D eigenvalue weighted by atomic mass is 35.5. The molecule has 0 aliphatic heterocycles. The zero-order valence-electron chi connectivity index (χ0n) is 13.1. The molecule has 1 aliphatic rings. The van der Waals surface area contributed by atoms with Gasteiger partial charge in [-0.25, -0.2) is 0 Å². The van der Waals surface area contributed by atoms with Gasteiger partial charge in [-0.15, -0.1) is 11.6 Å². The van der Waals surface area contributed by atoms with Crippen LogP contribution in [0.4, 0.5) is 0 Å². The van der Waals surface area contributed by atoms with Crippen LogP contribution in [0.15, 0.2) is 30.3 Å². The summed E-state index contributed by atoms with van der Waals surface area (Å²) in [5.74, 6) is 1.64. The molecule has 1 fully saturated rings. The van der Waals surface area contributed by atoms with Crippen LogP contribution in [-0.2, 0) is 0 Å². The van der Waals surface area contributed by atoms with Gasteiger partial charge in [0.25, 0.3) is 0 Å². The zero-order chi connectivity index (χ0) is 15.1. The first-order valence-corrected chi connectivity index (χ1v) is 8.87. The lowest BCUT2D eigenvalue weighted by Gasteiger charge is -2.29. The minimum atomic E-state index is -0.357. The Morgan fingerprint density at radius 3 is 2.38 bits per heavy atom. The molecule has 0 spiro atoms. The SMILES string of the molecule is CCCCC1CCC(CC(Cl)C(=O)c2ccccc2)CC1. The molecule has 0 N–H and O–H groups in total. The molecule has 1 atom stereocenters. The lowest BCUT2D eigenvalue weighted by atomic mass is 9.78. The van der Waals surface area contributed by atoms with Crippen molar-refractivity contribution < 1.29 is 4.79 Å². The molecule has 1 saturated carbocycles. The highest BCUT2D eigenvalue weighted by Gasteiger charge is 2.26. The van der Waals surface area contributed by atoms with Crippen LogP contribution in [0.2, 0.25) is 0 Å². The van der Waals surface area contributed by atoms with Crippen molar-refractivity contribution in [2.24, 2.45) is 11.8 Å². The van der Waals surface area contributed by atoms with Crippen LogP contribution in [0, 0.1) is 11.8 Å². The van der Waals surface area contributed by atoms with Crippen molar-refractivity contribution >= 4 is 17.4 Å². The summed E-state index contributed by atoms with van der Waals surface area (Å²) in [6.07, 6.45) is 10.0. The largest absolute Gasteiger partial charge is 0.293 e. The number of benzene rings is 1. The van der Waals surface area contributed by atoms with Gasteiger partial charge >= 0.3 is 0 Å². The fourth-order valence-electron chi connectivity index (χ4n) is 3.43. The minimum absolute atomic E-state index is 0.0883. The summed E-state index contributed by atoms with van der Waals surface area (Å²) >= 11 is 6.37. The van der Waals surface area contributed by atoms with Gasteiger partial charge in [0.15, 0.2) is 5.78 Å². The summed E-state index contributed by atoms with van der Waals surface area (Å²) in [5, 5.41) is -0.357. The average molecular weight is 307 g/mol. The monoisotopic (exact) mass is 306 g/mol. The topological polar surface area (TPSA) is 17.1 Å². The van der Waals surface area contributed by atoms with E-state index < -0.39 is 0 Å². The summed E-state index contributed by atoms with van der Waals surface area (Å²) < 4.78 is 0. The molecule has 0 saturated heterocycles. The second kappa shape index (κ2) is 8.58. The van der Waals surface area contributed by atoms with Gasteiger partial charge in [0, 0.05) is 5.56 Å². The number of Topliss-reactive ketones (excluding diaryl/α,β-unsaturated/α-hetero) is 1. The van der Waals surface area contributed by atoms with Crippen molar-refractivity contribution in [3.63, 3.8) is 0 Å². The minimum Gasteiger partial charge on any atom is -0.293 e. The molecular formula is C19H27ClO. The van der Waals surface area contributed by atoms with Gasteiger partial charge in [-0.05, 0) is 18.3 Å². The maximum atomic E-state index is 12.3. The first-order chi connectivity index (χ1) is 10.2. The van der Waals surface area contributed by atoms with E-state index in [2.05, 4.69) is 6.92 Å². The molecule has 1 aliphatic carbocycles. The molecule has 1 aromatic rings. The van der Waals surface area contributed by atoms with Crippen molar-refractivity contribution in [3.8, 4) is 0 Å². The molecule has 1 unspecified atom stereocenters. The van der Waals surface area contributed by atoms with E-state index in [0.717, 1.165) is 17.9 Å². The molecule has 0 amide bonds. The van der Waals surface area contributed by atoms with Crippen molar-refractivity contribution in [1.29, 1.82) is 0 Å². The van der Waals surface area contributed by atoms with E-state index in [1.165, 1.54) is 44.9 Å². The first kappa shape index (κ1) is 16.5. The standard InChI is InChI=1S/C19H27ClO/c1-2-3-7-15-10-12-16(13-11-15)14-18(20)19(21)17-8-5-4-6-9-17/h4-6,8-9,15-16,18H,2-3,7,10-14H2,1H3. The average Bonchev–Trinajstić information content (AvgIpc) is 2.54. The molecule has 0 bridgehead atoms. The van der Waals surface area contributed by atoms with E-state index in [1.54, 1.807) is 0 Å². The van der Waals surface area contributed by atoms with Crippen LogP contribution >= 0.6 is 11.6 Å². The molecule has 1 nitrogen and oxygen atoms in total. The van der Waals surface area contributed by atoms with E-state index in [-0.39, 0.29) is 11.2 Å². The second-order valence-electron chi connectivity index (χ2n) is 6.46. The lowest BCUT2D eigenvalue weighted by molar-refractivity contribution is 0.0972. The number of carbonyl (C=O) groups excluding carboxylic acids is 1. The number of carbonyl (C=O) groups is 1. The third-order valence-electron chi connectivity index (χ3n) is 4.82. The Morgan fingerprint density at radius 2 is 1.76 bits per heavy atom. The number of hydrogen-bond acceptors (Lipinski definition) is 1. The Bertz CT molecular complexity index is 420. The lowest BCUT2D eigenvalue weighted by Crippen LogP contribution is -2.22. The molecule has 0 radical (unpaired) electrons. The van der Waals surface area contributed by atoms with Gasteiger partial charge in [0.05, 0.1) is 5.38 Å².